The summed E-state index contributed by atoms with van der Waals surface area (Å²) < 4.78 is 0. The summed E-state index contributed by atoms with van der Waals surface area (Å²) in [7, 11) is 0. The lowest BCUT2D eigenvalue weighted by Gasteiger charge is -2.23. The number of hydrogen-bond acceptors (Lipinski definition) is 6. The van der Waals surface area contributed by atoms with Gasteiger partial charge in [-0.25, -0.2) is 9.97 Å². The largest absolute Gasteiger partial charge is 0.481 e. The molecule has 2 N–H and O–H groups in total. The first-order valence-corrected chi connectivity index (χ1v) is 10.8. The zero-order valence-electron chi connectivity index (χ0n) is 17.7. The number of hydrogen-bond donors (Lipinski definition) is 2. The summed E-state index contributed by atoms with van der Waals surface area (Å²) >= 11 is 0. The average Bonchev–Trinajstić information content (AvgIpc) is 3.49. The fourth-order valence-electron chi connectivity index (χ4n) is 3.77. The minimum atomic E-state index is -0.854. The second-order valence-electron chi connectivity index (χ2n) is 8.20. The van der Waals surface area contributed by atoms with Crippen LogP contribution in [0.5, 0.6) is 0 Å². The quantitative estimate of drug-likeness (QED) is 0.456. The van der Waals surface area contributed by atoms with Gasteiger partial charge in [0, 0.05) is 43.1 Å². The number of aromatic nitrogens is 4. The summed E-state index contributed by atoms with van der Waals surface area (Å²) in [6.07, 6.45) is 5.64. The maximum Gasteiger partial charge on any atom is 0.303 e. The maximum absolute atomic E-state index is 12.9. The van der Waals surface area contributed by atoms with Gasteiger partial charge in [-0.15, -0.1) is 0 Å². The van der Waals surface area contributed by atoms with E-state index in [-0.39, 0.29) is 18.6 Å². The Hall–Kier alpha value is -3.29. The topological polar surface area (TPSA) is 112 Å². The van der Waals surface area contributed by atoms with Crippen molar-refractivity contribution in [3.8, 4) is 0 Å². The Bertz CT molecular complexity index is 1090. The number of aryl methyl sites for hydroxylation is 1. The highest BCUT2D eigenvalue weighted by atomic mass is 16.4. The van der Waals surface area contributed by atoms with Crippen LogP contribution in [0, 0.1) is 5.92 Å². The lowest BCUT2D eigenvalue weighted by molar-refractivity contribution is -0.136. The van der Waals surface area contributed by atoms with E-state index in [1.165, 1.54) is 19.2 Å². The third-order valence-corrected chi connectivity index (χ3v) is 5.58. The number of aromatic amines is 1. The number of carboxylic acids is 1. The van der Waals surface area contributed by atoms with Crippen LogP contribution in [0.3, 0.4) is 0 Å². The van der Waals surface area contributed by atoms with E-state index in [9.17, 15) is 9.59 Å². The van der Waals surface area contributed by atoms with Crippen molar-refractivity contribution < 1.29 is 14.7 Å². The third kappa shape index (κ3) is 5.25. The molecule has 8 heteroatoms. The van der Waals surface area contributed by atoms with Crippen LogP contribution in [0.1, 0.15) is 54.4 Å². The number of nitrogens with zero attached hydrogens (tertiary/aromatic N) is 4. The maximum atomic E-state index is 12.9. The van der Waals surface area contributed by atoms with Crippen molar-refractivity contribution in [2.45, 2.75) is 45.4 Å². The smallest absolute Gasteiger partial charge is 0.303 e. The number of ketones is 1. The van der Waals surface area contributed by atoms with E-state index in [0.717, 1.165) is 53.4 Å². The summed E-state index contributed by atoms with van der Waals surface area (Å²) in [5.41, 5.74) is 2.79. The number of carbonyl (C=O) groups is 2. The molecule has 1 aromatic carbocycles. The highest BCUT2D eigenvalue weighted by Gasteiger charge is 2.25. The van der Waals surface area contributed by atoms with Gasteiger partial charge in [-0.2, -0.15) is 5.10 Å². The summed E-state index contributed by atoms with van der Waals surface area (Å²) in [6.45, 7) is 4.04. The fraction of sp³-hybridized carbons (Fsp3) is 0.435. The van der Waals surface area contributed by atoms with Crippen molar-refractivity contribution in [3.05, 3.63) is 47.5 Å². The molecular formula is C23H27N5O3. The summed E-state index contributed by atoms with van der Waals surface area (Å²) in [4.78, 5) is 34.7. The van der Waals surface area contributed by atoms with Crippen molar-refractivity contribution in [2.75, 3.05) is 18.0 Å². The van der Waals surface area contributed by atoms with Crippen molar-refractivity contribution >= 4 is 28.5 Å². The number of H-pyrrole nitrogens is 1. The highest BCUT2D eigenvalue weighted by Crippen LogP contribution is 2.31. The average molecular weight is 422 g/mol. The predicted octanol–water partition coefficient (Wildman–Crippen LogP) is 3.42. The lowest BCUT2D eigenvalue weighted by atomic mass is 10.0. The van der Waals surface area contributed by atoms with Crippen molar-refractivity contribution in [1.82, 2.24) is 20.2 Å². The Morgan fingerprint density at radius 3 is 2.81 bits per heavy atom. The zero-order chi connectivity index (χ0) is 21.8. The summed E-state index contributed by atoms with van der Waals surface area (Å²) in [6, 6.07) is 7.44. The number of fused-ring (bicyclic) bond motifs is 1. The predicted molar refractivity (Wildman–Crippen MR) is 117 cm³/mol. The lowest BCUT2D eigenvalue weighted by Crippen LogP contribution is -2.27. The number of nitrogens with one attached hydrogen (secondary N) is 1. The number of benzene rings is 1. The Morgan fingerprint density at radius 2 is 2.06 bits per heavy atom. The Balaban J connectivity index is 1.50. The summed E-state index contributed by atoms with van der Waals surface area (Å²) in [5.74, 6) is 0.625. The minimum Gasteiger partial charge on any atom is -0.481 e. The van der Waals surface area contributed by atoms with Gasteiger partial charge in [0.15, 0.2) is 5.78 Å². The van der Waals surface area contributed by atoms with E-state index >= 15 is 0 Å². The molecule has 0 aliphatic heterocycles. The molecule has 31 heavy (non-hydrogen) atoms. The van der Waals surface area contributed by atoms with Gasteiger partial charge in [0.05, 0.1) is 11.9 Å². The molecule has 162 valence electrons. The van der Waals surface area contributed by atoms with Gasteiger partial charge in [0.25, 0.3) is 0 Å². The van der Waals surface area contributed by atoms with Gasteiger partial charge in [-0.1, -0.05) is 13.0 Å². The van der Waals surface area contributed by atoms with Crippen LogP contribution >= 0.6 is 0 Å². The molecule has 0 amide bonds. The first-order chi connectivity index (χ1) is 15.0. The zero-order valence-corrected chi connectivity index (χ0v) is 17.7. The normalized spacial score (nSPS) is 13.5. The minimum absolute atomic E-state index is 0.0271. The van der Waals surface area contributed by atoms with Crippen LogP contribution < -0.4 is 4.90 Å². The molecule has 2 aromatic heterocycles. The summed E-state index contributed by atoms with van der Waals surface area (Å²) in [5, 5.41) is 16.9. The third-order valence-electron chi connectivity index (χ3n) is 5.58. The van der Waals surface area contributed by atoms with Crippen LogP contribution in [-0.2, 0) is 17.6 Å². The molecule has 0 atom stereocenters. The molecular weight excluding hydrogens is 394 g/mol. The Kier molecular flexibility index (Phi) is 6.25. The molecule has 0 unspecified atom stereocenters. The number of carbonyl (C=O) groups excluding carboxylic acids is 1. The van der Waals surface area contributed by atoms with Crippen LogP contribution in [-0.4, -0.2) is 50.1 Å². The molecule has 0 bridgehead atoms. The molecule has 1 aliphatic carbocycles. The van der Waals surface area contributed by atoms with E-state index in [2.05, 4.69) is 32.0 Å². The van der Waals surface area contributed by atoms with Crippen LogP contribution in [0.4, 0.5) is 5.82 Å². The Morgan fingerprint density at radius 1 is 1.23 bits per heavy atom. The molecule has 0 spiro atoms. The number of anilines is 1. The van der Waals surface area contributed by atoms with Crippen LogP contribution in [0.2, 0.25) is 0 Å². The van der Waals surface area contributed by atoms with Gasteiger partial charge in [-0.3, -0.25) is 14.7 Å². The first kappa shape index (κ1) is 21.0. The second-order valence-corrected chi connectivity index (χ2v) is 8.20. The number of Topliss-reactive ketones (excluding diaryl/α,β-unsaturated/α-hetero) is 1. The molecule has 1 fully saturated rings. The van der Waals surface area contributed by atoms with Gasteiger partial charge < -0.3 is 10.0 Å². The first-order valence-electron chi connectivity index (χ1n) is 10.8. The van der Waals surface area contributed by atoms with Crippen molar-refractivity contribution in [1.29, 1.82) is 0 Å². The van der Waals surface area contributed by atoms with Gasteiger partial charge in [0.2, 0.25) is 0 Å². The molecule has 8 nitrogen and oxygen atoms in total. The number of rotatable bonds is 11. The van der Waals surface area contributed by atoms with E-state index in [4.69, 9.17) is 5.11 Å². The fourth-order valence-corrected chi connectivity index (χ4v) is 3.77. The molecule has 0 saturated heterocycles. The van der Waals surface area contributed by atoms with Gasteiger partial charge in [-0.05, 0) is 42.9 Å². The SMILES string of the molecule is CCCN(CC1CC1)c1cc(C(=O)Cc2ccc3n[nH]c(CCC(=O)O)c3c2)ncn1. The second kappa shape index (κ2) is 9.24. The van der Waals surface area contributed by atoms with Crippen LogP contribution in [0.25, 0.3) is 10.9 Å². The van der Waals surface area contributed by atoms with Crippen LogP contribution in [0.15, 0.2) is 30.6 Å². The standard InChI is InChI=1S/C23H27N5O3/c1-2-9-28(13-15-3-4-15)22-12-20(24-14-25-22)21(29)11-16-5-6-18-17(10-16)19(27-26-18)7-8-23(30)31/h5-6,10,12,14-15H,2-4,7-9,11,13H2,1H3,(H,26,27)(H,30,31). The van der Waals surface area contributed by atoms with Gasteiger partial charge in [0.1, 0.15) is 17.8 Å². The van der Waals surface area contributed by atoms with E-state index < -0.39 is 5.97 Å². The molecule has 1 saturated carbocycles. The van der Waals surface area contributed by atoms with E-state index in [1.807, 2.05) is 18.2 Å². The molecule has 2 heterocycles. The van der Waals surface area contributed by atoms with Crippen molar-refractivity contribution in [2.24, 2.45) is 5.92 Å². The highest BCUT2D eigenvalue weighted by molar-refractivity contribution is 5.97. The Labute approximate surface area is 180 Å². The molecule has 0 radical (unpaired) electrons. The van der Waals surface area contributed by atoms with E-state index in [0.29, 0.717) is 12.1 Å². The van der Waals surface area contributed by atoms with Crippen molar-refractivity contribution in [3.63, 3.8) is 0 Å². The molecule has 1 aliphatic rings. The monoisotopic (exact) mass is 421 g/mol. The number of carboxylic acid groups (broad SMARTS) is 1. The molecule has 3 aromatic rings. The van der Waals surface area contributed by atoms with Gasteiger partial charge >= 0.3 is 5.97 Å². The van der Waals surface area contributed by atoms with E-state index in [1.54, 1.807) is 6.07 Å². The number of aliphatic carboxylic acids is 1. The molecule has 4 rings (SSSR count).